The van der Waals surface area contributed by atoms with E-state index in [-0.39, 0.29) is 28.9 Å². The Balaban J connectivity index is 0.00000392. The van der Waals surface area contributed by atoms with Crippen molar-refractivity contribution in [2.24, 2.45) is 15.5 Å². The molecule has 0 spiro atoms. The summed E-state index contributed by atoms with van der Waals surface area (Å²) in [5.74, 6) is 0.822. The molecule has 2 rings (SSSR count). The standard InChI is InChI=1S/C19H32N4O3S.HI/c1-3-21-18(23-15-19(10-4-11-19)12-14-26-2)22-13-9-16-5-7-17(8-6-16)27(20,24)25;/h5-8H,3-4,9-15H2,1-2H3,(H2,20,24,25)(H2,21,22,23);1H. The SMILES string of the molecule is CCNC(=NCC1(CCOC)CCC1)NCCc1ccc(S(N)(=O)=O)cc1.I. The lowest BCUT2D eigenvalue weighted by Gasteiger charge is -2.40. The van der Waals surface area contributed by atoms with Crippen LogP contribution < -0.4 is 15.8 Å². The van der Waals surface area contributed by atoms with E-state index in [1.165, 1.54) is 19.3 Å². The fourth-order valence-electron chi connectivity index (χ4n) is 3.24. The van der Waals surface area contributed by atoms with Gasteiger partial charge in [0.05, 0.1) is 4.90 Å². The molecule has 4 N–H and O–H groups in total. The van der Waals surface area contributed by atoms with Gasteiger partial charge in [0.1, 0.15) is 0 Å². The normalized spacial score (nSPS) is 16.0. The minimum atomic E-state index is -3.64. The molecule has 0 heterocycles. The Kier molecular flexibility index (Phi) is 10.7. The Hall–Kier alpha value is -0.910. The van der Waals surface area contributed by atoms with Crippen LogP contribution in [0.3, 0.4) is 0 Å². The number of guanidine groups is 1. The second kappa shape index (κ2) is 11.9. The Morgan fingerprint density at radius 1 is 1.25 bits per heavy atom. The smallest absolute Gasteiger partial charge is 0.238 e. The molecule has 1 aliphatic carbocycles. The zero-order valence-corrected chi connectivity index (χ0v) is 19.9. The summed E-state index contributed by atoms with van der Waals surface area (Å²) in [5.41, 5.74) is 1.34. The van der Waals surface area contributed by atoms with Gasteiger partial charge in [0, 0.05) is 33.4 Å². The van der Waals surface area contributed by atoms with Crippen LogP contribution in [0.2, 0.25) is 0 Å². The highest BCUT2D eigenvalue weighted by molar-refractivity contribution is 14.0. The zero-order valence-electron chi connectivity index (χ0n) is 16.7. The van der Waals surface area contributed by atoms with Crippen LogP contribution in [0, 0.1) is 5.41 Å². The molecule has 7 nitrogen and oxygen atoms in total. The molecule has 1 aromatic carbocycles. The molecule has 1 fully saturated rings. The maximum atomic E-state index is 11.3. The summed E-state index contributed by atoms with van der Waals surface area (Å²) in [6.07, 6.45) is 5.54. The van der Waals surface area contributed by atoms with Crippen LogP contribution in [-0.4, -0.2) is 47.7 Å². The number of hydrogen-bond donors (Lipinski definition) is 3. The molecule has 0 unspecified atom stereocenters. The van der Waals surface area contributed by atoms with Gasteiger partial charge in [-0.25, -0.2) is 13.6 Å². The molecule has 0 radical (unpaired) electrons. The fourth-order valence-corrected chi connectivity index (χ4v) is 3.76. The largest absolute Gasteiger partial charge is 0.385 e. The average molecular weight is 524 g/mol. The van der Waals surface area contributed by atoms with Crippen LogP contribution in [0.15, 0.2) is 34.2 Å². The van der Waals surface area contributed by atoms with E-state index in [4.69, 9.17) is 14.9 Å². The molecule has 0 aliphatic heterocycles. The second-order valence-electron chi connectivity index (χ2n) is 7.16. The highest BCUT2D eigenvalue weighted by Crippen LogP contribution is 2.44. The van der Waals surface area contributed by atoms with Gasteiger partial charge in [0.15, 0.2) is 5.96 Å². The van der Waals surface area contributed by atoms with Crippen LogP contribution >= 0.6 is 24.0 Å². The van der Waals surface area contributed by atoms with E-state index in [2.05, 4.69) is 10.6 Å². The molecule has 1 aliphatic rings. The number of nitrogens with zero attached hydrogens (tertiary/aromatic N) is 1. The van der Waals surface area contributed by atoms with Gasteiger partial charge in [0.25, 0.3) is 0 Å². The molecular formula is C19H33IN4O3S. The van der Waals surface area contributed by atoms with E-state index in [0.717, 1.165) is 44.1 Å². The minimum absolute atomic E-state index is 0. The topological polar surface area (TPSA) is 106 Å². The number of hydrogen-bond acceptors (Lipinski definition) is 4. The van der Waals surface area contributed by atoms with Crippen molar-refractivity contribution in [2.45, 2.75) is 43.9 Å². The third kappa shape index (κ3) is 7.84. The maximum Gasteiger partial charge on any atom is 0.238 e. The molecule has 28 heavy (non-hydrogen) atoms. The predicted octanol–water partition coefficient (Wildman–Crippen LogP) is 2.26. The highest BCUT2D eigenvalue weighted by atomic mass is 127. The van der Waals surface area contributed by atoms with Crippen LogP contribution in [0.25, 0.3) is 0 Å². The summed E-state index contributed by atoms with van der Waals surface area (Å²) in [6.45, 7) is 5.17. The molecule has 0 bridgehead atoms. The Bertz CT molecular complexity index is 719. The Labute approximate surface area is 186 Å². The number of benzene rings is 1. The number of halogens is 1. The lowest BCUT2D eigenvalue weighted by Crippen LogP contribution is -2.41. The predicted molar refractivity (Wildman–Crippen MR) is 124 cm³/mol. The van der Waals surface area contributed by atoms with Crippen LogP contribution in [0.5, 0.6) is 0 Å². The quantitative estimate of drug-likeness (QED) is 0.248. The van der Waals surface area contributed by atoms with Gasteiger partial charge in [-0.1, -0.05) is 18.6 Å². The fraction of sp³-hybridized carbons (Fsp3) is 0.632. The number of nitrogens with one attached hydrogen (secondary N) is 2. The summed E-state index contributed by atoms with van der Waals surface area (Å²) >= 11 is 0. The van der Waals surface area contributed by atoms with Crippen molar-refractivity contribution in [3.8, 4) is 0 Å². The van der Waals surface area contributed by atoms with Gasteiger partial charge in [0.2, 0.25) is 10.0 Å². The molecule has 0 aromatic heterocycles. The number of rotatable bonds is 10. The van der Waals surface area contributed by atoms with Crippen LogP contribution in [0.1, 0.15) is 38.2 Å². The monoisotopic (exact) mass is 524 g/mol. The van der Waals surface area contributed by atoms with Gasteiger partial charge >= 0.3 is 0 Å². The first-order valence-electron chi connectivity index (χ1n) is 9.51. The molecule has 0 amide bonds. The lowest BCUT2D eigenvalue weighted by molar-refractivity contribution is 0.0778. The molecule has 1 saturated carbocycles. The van der Waals surface area contributed by atoms with Crippen LogP contribution in [-0.2, 0) is 21.2 Å². The summed E-state index contributed by atoms with van der Waals surface area (Å²) in [6, 6.07) is 6.67. The average Bonchev–Trinajstić information content (AvgIpc) is 2.60. The van der Waals surface area contributed by atoms with E-state index in [1.54, 1.807) is 31.4 Å². The maximum absolute atomic E-state index is 11.3. The second-order valence-corrected chi connectivity index (χ2v) is 8.72. The number of sulfonamides is 1. The third-order valence-corrected chi connectivity index (χ3v) is 6.05. The summed E-state index contributed by atoms with van der Waals surface area (Å²) in [7, 11) is -1.89. The van der Waals surface area contributed by atoms with Gasteiger partial charge < -0.3 is 15.4 Å². The summed E-state index contributed by atoms with van der Waals surface area (Å²) in [4.78, 5) is 4.92. The lowest BCUT2D eigenvalue weighted by atomic mass is 9.67. The summed E-state index contributed by atoms with van der Waals surface area (Å²) in [5, 5.41) is 11.8. The Morgan fingerprint density at radius 2 is 1.93 bits per heavy atom. The van der Waals surface area contributed by atoms with Gasteiger partial charge in [-0.05, 0) is 55.7 Å². The first kappa shape index (κ1) is 25.1. The minimum Gasteiger partial charge on any atom is -0.385 e. The van der Waals surface area contributed by atoms with Crippen molar-refractivity contribution < 1.29 is 13.2 Å². The number of methoxy groups -OCH3 is 1. The van der Waals surface area contributed by atoms with E-state index in [1.807, 2.05) is 6.92 Å². The number of nitrogens with two attached hydrogens (primary N) is 1. The molecule has 9 heteroatoms. The van der Waals surface area contributed by atoms with Crippen molar-refractivity contribution in [3.63, 3.8) is 0 Å². The van der Waals surface area contributed by atoms with Crippen molar-refractivity contribution >= 4 is 40.0 Å². The molecule has 0 atom stereocenters. The first-order valence-corrected chi connectivity index (χ1v) is 11.1. The van der Waals surface area contributed by atoms with E-state index in [0.29, 0.717) is 12.0 Å². The van der Waals surface area contributed by atoms with Gasteiger partial charge in [-0.15, -0.1) is 24.0 Å². The van der Waals surface area contributed by atoms with Gasteiger partial charge in [-0.2, -0.15) is 0 Å². The third-order valence-electron chi connectivity index (χ3n) is 5.13. The number of ether oxygens (including phenoxy) is 1. The first-order chi connectivity index (χ1) is 12.9. The Morgan fingerprint density at radius 3 is 2.43 bits per heavy atom. The molecule has 0 saturated heterocycles. The molecule has 1 aromatic rings. The van der Waals surface area contributed by atoms with Crippen LogP contribution in [0.4, 0.5) is 0 Å². The number of primary sulfonamides is 1. The van der Waals surface area contributed by atoms with E-state index < -0.39 is 10.0 Å². The van der Waals surface area contributed by atoms with Crippen molar-refractivity contribution in [3.05, 3.63) is 29.8 Å². The van der Waals surface area contributed by atoms with E-state index >= 15 is 0 Å². The highest BCUT2D eigenvalue weighted by Gasteiger charge is 2.36. The van der Waals surface area contributed by atoms with Crippen molar-refractivity contribution in [2.75, 3.05) is 33.4 Å². The molecule has 160 valence electrons. The number of aliphatic imine (C=N–C) groups is 1. The zero-order chi connectivity index (χ0) is 19.8. The molecular weight excluding hydrogens is 491 g/mol. The summed E-state index contributed by atoms with van der Waals surface area (Å²) < 4.78 is 27.8. The van der Waals surface area contributed by atoms with Crippen molar-refractivity contribution in [1.29, 1.82) is 0 Å². The van der Waals surface area contributed by atoms with Crippen molar-refractivity contribution in [1.82, 2.24) is 10.6 Å². The van der Waals surface area contributed by atoms with Gasteiger partial charge in [-0.3, -0.25) is 4.99 Å². The van der Waals surface area contributed by atoms with E-state index in [9.17, 15) is 8.42 Å².